The molecule has 0 radical (unpaired) electrons. The lowest BCUT2D eigenvalue weighted by Crippen LogP contribution is -2.15. The smallest absolute Gasteiger partial charge is 0.267 e. The highest BCUT2D eigenvalue weighted by Gasteiger charge is 2.18. The molecule has 0 amide bonds. The van der Waals surface area contributed by atoms with Gasteiger partial charge in [0.15, 0.2) is 0 Å². The molecular weight excluding hydrogens is 223 g/mol. The molecule has 0 saturated heterocycles. The Hall–Kier alpha value is -0.980. The van der Waals surface area contributed by atoms with Crippen LogP contribution in [0.15, 0.2) is 24.3 Å². The fourth-order valence-corrected chi connectivity index (χ4v) is 1.91. The van der Waals surface area contributed by atoms with Crippen molar-refractivity contribution >= 4 is 10.1 Å². The molecule has 84 valence electrons. The summed E-state index contributed by atoms with van der Waals surface area (Å²) in [7, 11) is -2.85. The molecule has 1 unspecified atom stereocenters. The highest BCUT2D eigenvalue weighted by Crippen LogP contribution is 2.18. The molecule has 15 heavy (non-hydrogen) atoms. The molecule has 1 aromatic rings. The summed E-state index contributed by atoms with van der Waals surface area (Å²) in [4.78, 5) is 0. The Morgan fingerprint density at radius 3 is 2.67 bits per heavy atom. The highest BCUT2D eigenvalue weighted by molar-refractivity contribution is 7.85. The van der Waals surface area contributed by atoms with Gasteiger partial charge in [-0.2, -0.15) is 8.42 Å². The van der Waals surface area contributed by atoms with Gasteiger partial charge in [0.25, 0.3) is 10.1 Å². The SMILES string of the molecule is COC(CS(=O)(=O)O)c1cccc(F)c1. The Kier molecular flexibility index (Phi) is 3.78. The lowest BCUT2D eigenvalue weighted by atomic mass is 10.1. The molecular formula is C9H11FO4S. The number of methoxy groups -OCH3 is 1. The average Bonchev–Trinajstić information content (AvgIpc) is 2.13. The quantitative estimate of drug-likeness (QED) is 0.800. The van der Waals surface area contributed by atoms with E-state index in [0.29, 0.717) is 5.56 Å². The molecule has 0 aliphatic rings. The zero-order valence-electron chi connectivity index (χ0n) is 8.05. The Balaban J connectivity index is 2.93. The predicted octanol–water partition coefficient (Wildman–Crippen LogP) is 1.40. The van der Waals surface area contributed by atoms with Gasteiger partial charge in [0.2, 0.25) is 0 Å². The normalized spacial score (nSPS) is 13.8. The van der Waals surface area contributed by atoms with E-state index >= 15 is 0 Å². The van der Waals surface area contributed by atoms with Gasteiger partial charge in [-0.15, -0.1) is 0 Å². The molecule has 0 spiro atoms. The van der Waals surface area contributed by atoms with Crippen LogP contribution in [0.3, 0.4) is 0 Å². The molecule has 6 heteroatoms. The minimum Gasteiger partial charge on any atom is -0.376 e. The fraction of sp³-hybridized carbons (Fsp3) is 0.333. The van der Waals surface area contributed by atoms with Gasteiger partial charge in [0.05, 0.1) is 6.10 Å². The summed E-state index contributed by atoms with van der Waals surface area (Å²) in [5, 5.41) is 0. The molecule has 4 nitrogen and oxygen atoms in total. The number of hydrogen-bond acceptors (Lipinski definition) is 3. The van der Waals surface area contributed by atoms with E-state index in [-0.39, 0.29) is 0 Å². The topological polar surface area (TPSA) is 63.6 Å². The summed E-state index contributed by atoms with van der Waals surface area (Å²) in [6, 6.07) is 5.38. The van der Waals surface area contributed by atoms with Crippen molar-refractivity contribution in [1.29, 1.82) is 0 Å². The number of benzene rings is 1. The largest absolute Gasteiger partial charge is 0.376 e. The molecule has 1 rings (SSSR count). The Bertz CT molecular complexity index is 429. The summed E-state index contributed by atoms with van der Waals surface area (Å²) in [5.74, 6) is -1.07. The fourth-order valence-electron chi connectivity index (χ4n) is 1.20. The summed E-state index contributed by atoms with van der Waals surface area (Å²) in [6.45, 7) is 0. The first-order chi connectivity index (χ1) is 6.92. The number of rotatable bonds is 4. The molecule has 0 aliphatic heterocycles. The predicted molar refractivity (Wildman–Crippen MR) is 52.6 cm³/mol. The van der Waals surface area contributed by atoms with Crippen LogP contribution in [0, 0.1) is 5.82 Å². The van der Waals surface area contributed by atoms with Crippen LogP contribution in [0.25, 0.3) is 0 Å². The van der Waals surface area contributed by atoms with E-state index in [1.54, 1.807) is 0 Å². The Morgan fingerprint density at radius 1 is 1.53 bits per heavy atom. The molecule has 0 aliphatic carbocycles. The maximum absolute atomic E-state index is 12.8. The van der Waals surface area contributed by atoms with Crippen LogP contribution in [-0.2, 0) is 14.9 Å². The van der Waals surface area contributed by atoms with Gasteiger partial charge in [-0.1, -0.05) is 12.1 Å². The first-order valence-corrected chi connectivity index (χ1v) is 5.76. The van der Waals surface area contributed by atoms with Crippen LogP contribution < -0.4 is 0 Å². The van der Waals surface area contributed by atoms with Crippen molar-refractivity contribution in [3.05, 3.63) is 35.6 Å². The van der Waals surface area contributed by atoms with Crippen LogP contribution in [0.1, 0.15) is 11.7 Å². The van der Waals surface area contributed by atoms with E-state index < -0.39 is 27.8 Å². The van der Waals surface area contributed by atoms with Crippen LogP contribution >= 0.6 is 0 Å². The third-order valence-corrected chi connectivity index (χ3v) is 2.59. The van der Waals surface area contributed by atoms with Gasteiger partial charge < -0.3 is 4.74 Å². The molecule has 1 atom stereocenters. The van der Waals surface area contributed by atoms with E-state index in [4.69, 9.17) is 9.29 Å². The molecule has 1 N–H and O–H groups in total. The molecule has 1 aromatic carbocycles. The van der Waals surface area contributed by atoms with Gasteiger partial charge in [0, 0.05) is 7.11 Å². The molecule has 0 bridgehead atoms. The maximum atomic E-state index is 12.8. The molecule has 0 heterocycles. The second-order valence-electron chi connectivity index (χ2n) is 3.03. The van der Waals surface area contributed by atoms with Crippen molar-refractivity contribution in [2.75, 3.05) is 12.9 Å². The van der Waals surface area contributed by atoms with E-state index in [9.17, 15) is 12.8 Å². The molecule has 0 fully saturated rings. The monoisotopic (exact) mass is 234 g/mol. The average molecular weight is 234 g/mol. The highest BCUT2D eigenvalue weighted by atomic mass is 32.2. The van der Waals surface area contributed by atoms with Crippen molar-refractivity contribution in [1.82, 2.24) is 0 Å². The number of ether oxygens (including phenoxy) is 1. The van der Waals surface area contributed by atoms with E-state index in [2.05, 4.69) is 0 Å². The minimum absolute atomic E-state index is 0.370. The molecule has 0 saturated carbocycles. The zero-order valence-corrected chi connectivity index (χ0v) is 8.87. The van der Waals surface area contributed by atoms with Crippen molar-refractivity contribution < 1.29 is 22.1 Å². The second kappa shape index (κ2) is 4.69. The van der Waals surface area contributed by atoms with E-state index in [1.165, 1.54) is 31.4 Å². The molecule has 0 aromatic heterocycles. The third-order valence-electron chi connectivity index (χ3n) is 1.87. The van der Waals surface area contributed by atoms with Gasteiger partial charge in [0.1, 0.15) is 11.6 Å². The zero-order chi connectivity index (χ0) is 11.5. The third kappa shape index (κ3) is 3.94. The van der Waals surface area contributed by atoms with Crippen molar-refractivity contribution in [3.8, 4) is 0 Å². The van der Waals surface area contributed by atoms with Gasteiger partial charge in [-0.25, -0.2) is 4.39 Å². The second-order valence-corrected chi connectivity index (χ2v) is 4.53. The summed E-state index contributed by atoms with van der Waals surface area (Å²) >= 11 is 0. The van der Waals surface area contributed by atoms with Crippen molar-refractivity contribution in [3.63, 3.8) is 0 Å². The minimum atomic E-state index is -4.14. The Morgan fingerprint density at radius 2 is 2.20 bits per heavy atom. The van der Waals surface area contributed by atoms with E-state index in [1.807, 2.05) is 0 Å². The lowest BCUT2D eigenvalue weighted by Gasteiger charge is -2.13. The van der Waals surface area contributed by atoms with Crippen LogP contribution in [0.2, 0.25) is 0 Å². The maximum Gasteiger partial charge on any atom is 0.267 e. The standard InChI is InChI=1S/C9H11FO4S/c1-14-9(6-15(11,12)13)7-3-2-4-8(10)5-7/h2-5,9H,6H2,1H3,(H,11,12,13). The Labute approximate surface area is 87.4 Å². The number of hydrogen-bond donors (Lipinski definition) is 1. The van der Waals surface area contributed by atoms with E-state index in [0.717, 1.165) is 0 Å². The van der Waals surface area contributed by atoms with Crippen LogP contribution in [0.4, 0.5) is 4.39 Å². The van der Waals surface area contributed by atoms with Gasteiger partial charge in [-0.05, 0) is 17.7 Å². The lowest BCUT2D eigenvalue weighted by molar-refractivity contribution is 0.120. The summed E-state index contributed by atoms with van der Waals surface area (Å²) < 4.78 is 47.6. The van der Waals surface area contributed by atoms with Crippen molar-refractivity contribution in [2.24, 2.45) is 0 Å². The van der Waals surface area contributed by atoms with Gasteiger partial charge in [-0.3, -0.25) is 4.55 Å². The first kappa shape index (κ1) is 12.1. The number of halogens is 1. The van der Waals surface area contributed by atoms with Crippen LogP contribution in [0.5, 0.6) is 0 Å². The van der Waals surface area contributed by atoms with Gasteiger partial charge >= 0.3 is 0 Å². The summed E-state index contributed by atoms with van der Waals surface area (Å²) in [6.07, 6.45) is -0.865. The summed E-state index contributed by atoms with van der Waals surface area (Å²) in [5.41, 5.74) is 0.370. The first-order valence-electron chi connectivity index (χ1n) is 4.16. The van der Waals surface area contributed by atoms with Crippen molar-refractivity contribution in [2.45, 2.75) is 6.10 Å². The van der Waals surface area contributed by atoms with Crippen LogP contribution in [-0.4, -0.2) is 25.8 Å².